The Labute approximate surface area is 196 Å². The smallest absolute Gasteiger partial charge is 0.233 e. The molecule has 4 rings (SSSR count). The lowest BCUT2D eigenvalue weighted by atomic mass is 9.85. The van der Waals surface area contributed by atoms with Gasteiger partial charge in [-0.15, -0.1) is 0 Å². The number of fused-ring (bicyclic) bond motifs is 1. The van der Waals surface area contributed by atoms with Crippen LogP contribution in [0.15, 0.2) is 78.9 Å². The highest BCUT2D eigenvalue weighted by molar-refractivity contribution is 7.92. The highest BCUT2D eigenvalue weighted by atomic mass is 32.2. The maximum atomic E-state index is 13.1. The van der Waals surface area contributed by atoms with Gasteiger partial charge in [0.2, 0.25) is 10.0 Å². The summed E-state index contributed by atoms with van der Waals surface area (Å²) in [5, 5.41) is 0.986. The predicted molar refractivity (Wildman–Crippen MR) is 136 cm³/mol. The zero-order valence-electron chi connectivity index (χ0n) is 19.7. The van der Waals surface area contributed by atoms with Gasteiger partial charge in [-0.2, -0.15) is 0 Å². The number of methoxy groups -OCH3 is 1. The molecule has 0 saturated carbocycles. The van der Waals surface area contributed by atoms with Crippen molar-refractivity contribution in [2.45, 2.75) is 32.7 Å². The summed E-state index contributed by atoms with van der Waals surface area (Å²) >= 11 is 0. The molecular formula is C27H30N2O3S. The second kappa shape index (κ2) is 8.60. The summed E-state index contributed by atoms with van der Waals surface area (Å²) in [7, 11) is -1.96. The van der Waals surface area contributed by atoms with E-state index in [1.807, 2.05) is 66.7 Å². The number of anilines is 1. The maximum Gasteiger partial charge on any atom is 0.233 e. The number of hydrogen-bond acceptors (Lipinski definition) is 3. The van der Waals surface area contributed by atoms with Crippen LogP contribution in [0, 0.1) is 0 Å². The molecule has 33 heavy (non-hydrogen) atoms. The van der Waals surface area contributed by atoms with Crippen LogP contribution >= 0.6 is 0 Å². The summed E-state index contributed by atoms with van der Waals surface area (Å²) in [4.78, 5) is 0. The number of benzene rings is 3. The van der Waals surface area contributed by atoms with E-state index >= 15 is 0 Å². The van der Waals surface area contributed by atoms with Crippen molar-refractivity contribution in [2.75, 3.05) is 17.7 Å². The lowest BCUT2D eigenvalue weighted by molar-refractivity contribution is 0.414. The first-order valence-corrected chi connectivity index (χ1v) is 12.8. The van der Waals surface area contributed by atoms with E-state index in [-0.39, 0.29) is 12.0 Å². The van der Waals surface area contributed by atoms with E-state index in [1.54, 1.807) is 7.11 Å². The van der Waals surface area contributed by atoms with E-state index in [0.29, 0.717) is 5.82 Å². The van der Waals surface area contributed by atoms with Crippen molar-refractivity contribution < 1.29 is 13.2 Å². The van der Waals surface area contributed by atoms with Crippen molar-refractivity contribution in [3.8, 4) is 11.4 Å². The van der Waals surface area contributed by atoms with E-state index in [4.69, 9.17) is 4.74 Å². The average Bonchev–Trinajstić information content (AvgIpc) is 3.15. The first-order chi connectivity index (χ1) is 15.6. The Hall–Kier alpha value is -3.25. The van der Waals surface area contributed by atoms with Crippen molar-refractivity contribution in [2.24, 2.45) is 0 Å². The zero-order chi connectivity index (χ0) is 23.8. The van der Waals surface area contributed by atoms with Gasteiger partial charge in [0, 0.05) is 5.39 Å². The molecule has 0 spiro atoms. The van der Waals surface area contributed by atoms with Crippen LogP contribution in [0.2, 0.25) is 0 Å². The van der Waals surface area contributed by atoms with E-state index < -0.39 is 10.0 Å². The number of ether oxygens (including phenoxy) is 1. The topological polar surface area (TPSA) is 51.5 Å². The fourth-order valence-electron chi connectivity index (χ4n) is 4.14. The molecule has 0 unspecified atom stereocenters. The summed E-state index contributed by atoms with van der Waals surface area (Å²) in [6.45, 7) is 6.73. The Morgan fingerprint density at radius 1 is 0.909 bits per heavy atom. The third-order valence-corrected chi connectivity index (χ3v) is 6.90. The minimum absolute atomic E-state index is 0.120. The molecule has 172 valence electrons. The summed E-state index contributed by atoms with van der Waals surface area (Å²) < 4.78 is 35.0. The number of rotatable bonds is 6. The summed E-state index contributed by atoms with van der Waals surface area (Å²) in [5.74, 6) is 1.35. The van der Waals surface area contributed by atoms with Gasteiger partial charge in [-0.25, -0.2) is 8.42 Å². The van der Waals surface area contributed by atoms with Crippen molar-refractivity contribution in [3.63, 3.8) is 0 Å². The van der Waals surface area contributed by atoms with Crippen LogP contribution in [-0.2, 0) is 22.0 Å². The Balaban J connectivity index is 1.96. The van der Waals surface area contributed by atoms with Crippen LogP contribution in [0.25, 0.3) is 16.6 Å². The molecule has 0 saturated heterocycles. The van der Waals surface area contributed by atoms with Crippen molar-refractivity contribution >= 4 is 26.7 Å². The molecule has 0 radical (unpaired) electrons. The van der Waals surface area contributed by atoms with Gasteiger partial charge >= 0.3 is 0 Å². The molecule has 0 bridgehead atoms. The number of para-hydroxylation sites is 2. The molecule has 1 aromatic heterocycles. The summed E-state index contributed by atoms with van der Waals surface area (Å²) in [6.07, 6.45) is 1.26. The maximum absolute atomic E-state index is 13.1. The number of nitrogens with zero attached hydrogens (tertiary/aromatic N) is 2. The minimum atomic E-state index is -3.58. The summed E-state index contributed by atoms with van der Waals surface area (Å²) in [5.41, 5.74) is 3.84. The number of aromatic nitrogens is 1. The van der Waals surface area contributed by atoms with E-state index in [2.05, 4.69) is 37.5 Å². The third-order valence-electron chi connectivity index (χ3n) is 5.79. The normalized spacial score (nSPS) is 12.2. The lowest BCUT2D eigenvalue weighted by Gasteiger charge is -2.28. The van der Waals surface area contributed by atoms with Crippen LogP contribution in [0.5, 0.6) is 5.75 Å². The zero-order valence-corrected chi connectivity index (χ0v) is 20.6. The van der Waals surface area contributed by atoms with Crippen LogP contribution in [0.1, 0.15) is 31.9 Å². The number of hydrogen-bond donors (Lipinski definition) is 0. The van der Waals surface area contributed by atoms with E-state index in [0.717, 1.165) is 33.5 Å². The molecule has 0 aliphatic carbocycles. The molecule has 4 aromatic rings. The van der Waals surface area contributed by atoms with Crippen molar-refractivity contribution in [1.29, 1.82) is 0 Å². The molecule has 0 aliphatic heterocycles. The molecule has 0 amide bonds. The fraction of sp³-hybridized carbons (Fsp3) is 0.259. The molecule has 5 nitrogen and oxygen atoms in total. The Morgan fingerprint density at radius 2 is 1.55 bits per heavy atom. The molecular weight excluding hydrogens is 432 g/mol. The van der Waals surface area contributed by atoms with E-state index in [9.17, 15) is 8.42 Å². The van der Waals surface area contributed by atoms with Crippen molar-refractivity contribution in [3.05, 3.63) is 90.0 Å². The van der Waals surface area contributed by atoms with Gasteiger partial charge in [-0.1, -0.05) is 69.3 Å². The van der Waals surface area contributed by atoms with Crippen LogP contribution < -0.4 is 9.04 Å². The van der Waals surface area contributed by atoms with Crippen LogP contribution in [0.3, 0.4) is 0 Å². The van der Waals surface area contributed by atoms with Gasteiger partial charge in [0.1, 0.15) is 11.6 Å². The van der Waals surface area contributed by atoms with Gasteiger partial charge in [0.15, 0.2) is 0 Å². The molecule has 0 N–H and O–H groups in total. The SMILES string of the molecule is COc1ccc(CN(c2cc3ccccc3n2-c2ccccc2C(C)(C)C)S(C)(=O)=O)cc1. The fourth-order valence-corrected chi connectivity index (χ4v) is 5.00. The Morgan fingerprint density at radius 3 is 2.18 bits per heavy atom. The van der Waals surface area contributed by atoms with Gasteiger partial charge in [0.05, 0.1) is 31.1 Å². The molecule has 0 atom stereocenters. The molecule has 0 fully saturated rings. The van der Waals surface area contributed by atoms with Crippen molar-refractivity contribution in [1.82, 2.24) is 4.57 Å². The standard InChI is InChI=1S/C27H30N2O3S/c1-27(2,3)23-11-7-9-13-25(23)29-24-12-8-6-10-21(24)18-26(29)28(33(5,30)31)19-20-14-16-22(32-4)17-15-20/h6-18H,19H2,1-5H3. The predicted octanol–water partition coefficient (Wildman–Crippen LogP) is 5.90. The average molecular weight is 463 g/mol. The van der Waals surface area contributed by atoms with Crippen LogP contribution in [-0.4, -0.2) is 26.4 Å². The van der Waals surface area contributed by atoms with Gasteiger partial charge in [0.25, 0.3) is 0 Å². The molecule has 3 aromatic carbocycles. The summed E-state index contributed by atoms with van der Waals surface area (Å²) in [6, 6.07) is 25.6. The molecule has 0 aliphatic rings. The highest BCUT2D eigenvalue weighted by Gasteiger charge is 2.27. The first kappa shape index (κ1) is 22.9. The monoisotopic (exact) mass is 462 g/mol. The second-order valence-corrected chi connectivity index (χ2v) is 11.2. The van der Waals surface area contributed by atoms with Gasteiger partial charge < -0.3 is 4.74 Å². The highest BCUT2D eigenvalue weighted by Crippen LogP contribution is 2.37. The minimum Gasteiger partial charge on any atom is -0.497 e. The second-order valence-electron chi connectivity index (χ2n) is 9.28. The first-order valence-electron chi connectivity index (χ1n) is 10.9. The Kier molecular flexibility index (Phi) is 5.97. The van der Waals surface area contributed by atoms with E-state index in [1.165, 1.54) is 10.6 Å². The third kappa shape index (κ3) is 4.62. The van der Waals surface area contributed by atoms with Gasteiger partial charge in [-0.05, 0) is 46.9 Å². The van der Waals surface area contributed by atoms with Gasteiger partial charge in [-0.3, -0.25) is 8.87 Å². The lowest BCUT2D eigenvalue weighted by Crippen LogP contribution is -2.31. The molecule has 6 heteroatoms. The largest absolute Gasteiger partial charge is 0.497 e. The number of sulfonamides is 1. The quantitative estimate of drug-likeness (QED) is 0.358. The van der Waals surface area contributed by atoms with Crippen LogP contribution in [0.4, 0.5) is 5.82 Å². The molecule has 1 heterocycles. The Bertz CT molecular complexity index is 1380.